The molecule has 1 amide bonds. The minimum atomic E-state index is -0.0987. The Morgan fingerprint density at radius 2 is 1.92 bits per heavy atom. The molecule has 0 spiro atoms. The van der Waals surface area contributed by atoms with Crippen LogP contribution in [0.5, 0.6) is 11.5 Å². The van der Waals surface area contributed by atoms with Crippen molar-refractivity contribution in [1.29, 1.82) is 0 Å². The molecule has 1 aromatic carbocycles. The third kappa shape index (κ3) is 3.32. The Hall–Kier alpha value is -3.02. The van der Waals surface area contributed by atoms with Crippen molar-refractivity contribution in [3.05, 3.63) is 54.0 Å². The van der Waals surface area contributed by atoms with Gasteiger partial charge in [0, 0.05) is 12.4 Å². The predicted molar refractivity (Wildman–Crippen MR) is 91.8 cm³/mol. The normalized spacial score (nSPS) is 10.6. The van der Waals surface area contributed by atoms with Gasteiger partial charge < -0.3 is 19.2 Å². The maximum absolute atomic E-state index is 12.3. The molecule has 124 valence electrons. The molecule has 6 heteroatoms. The largest absolute Gasteiger partial charge is 0.493 e. The van der Waals surface area contributed by atoms with Gasteiger partial charge in [-0.25, -0.2) is 4.98 Å². The van der Waals surface area contributed by atoms with Gasteiger partial charge in [-0.2, -0.15) is 0 Å². The van der Waals surface area contributed by atoms with E-state index in [1.165, 1.54) is 0 Å². The quantitative estimate of drug-likeness (QED) is 0.783. The Kier molecular flexibility index (Phi) is 4.37. The maximum atomic E-state index is 12.3. The zero-order valence-electron chi connectivity index (χ0n) is 13.9. The lowest BCUT2D eigenvalue weighted by atomic mass is 10.1. The van der Waals surface area contributed by atoms with Crippen molar-refractivity contribution in [2.45, 2.75) is 13.3 Å². The molecule has 0 aliphatic heterocycles. The van der Waals surface area contributed by atoms with Gasteiger partial charge in [0.1, 0.15) is 5.65 Å². The molecule has 0 atom stereocenters. The van der Waals surface area contributed by atoms with E-state index in [4.69, 9.17) is 9.47 Å². The minimum Gasteiger partial charge on any atom is -0.493 e. The number of amides is 1. The second kappa shape index (κ2) is 6.62. The average Bonchev–Trinajstić information content (AvgIpc) is 2.93. The Morgan fingerprint density at radius 3 is 2.67 bits per heavy atom. The molecule has 0 unspecified atom stereocenters. The van der Waals surface area contributed by atoms with Gasteiger partial charge in [0.15, 0.2) is 11.5 Å². The van der Waals surface area contributed by atoms with Crippen molar-refractivity contribution < 1.29 is 14.3 Å². The van der Waals surface area contributed by atoms with E-state index < -0.39 is 0 Å². The molecule has 0 aliphatic carbocycles. The Balaban J connectivity index is 1.72. The van der Waals surface area contributed by atoms with Crippen LogP contribution in [0, 0.1) is 6.92 Å². The molecule has 3 rings (SSSR count). The predicted octanol–water partition coefficient (Wildman–Crippen LogP) is 2.84. The molecule has 0 aliphatic rings. The number of imidazole rings is 1. The number of aryl methyl sites for hydroxylation is 1. The Morgan fingerprint density at radius 1 is 1.12 bits per heavy atom. The van der Waals surface area contributed by atoms with E-state index in [1.807, 2.05) is 41.9 Å². The number of hydrogen-bond donors (Lipinski definition) is 1. The van der Waals surface area contributed by atoms with Gasteiger partial charge >= 0.3 is 0 Å². The molecular formula is C18H19N3O3. The number of hydrogen-bond acceptors (Lipinski definition) is 4. The third-order valence-electron chi connectivity index (χ3n) is 3.67. The monoisotopic (exact) mass is 325 g/mol. The first-order valence-corrected chi connectivity index (χ1v) is 7.55. The Bertz CT molecular complexity index is 886. The fraction of sp³-hybridized carbons (Fsp3) is 0.222. The van der Waals surface area contributed by atoms with Crippen LogP contribution >= 0.6 is 0 Å². The van der Waals surface area contributed by atoms with E-state index >= 15 is 0 Å². The summed E-state index contributed by atoms with van der Waals surface area (Å²) in [6.07, 6.45) is 4.02. The number of nitrogens with zero attached hydrogens (tertiary/aromatic N) is 2. The highest BCUT2D eigenvalue weighted by atomic mass is 16.5. The van der Waals surface area contributed by atoms with Gasteiger partial charge in [0.05, 0.1) is 32.0 Å². The van der Waals surface area contributed by atoms with Crippen LogP contribution in [0.25, 0.3) is 5.65 Å². The zero-order valence-corrected chi connectivity index (χ0v) is 13.9. The molecule has 0 fully saturated rings. The summed E-state index contributed by atoms with van der Waals surface area (Å²) in [5.41, 5.74) is 3.37. The number of ether oxygens (including phenoxy) is 2. The summed E-state index contributed by atoms with van der Waals surface area (Å²) in [6.45, 7) is 1.93. The SMILES string of the molecule is COc1ccc(CC(=O)Nc2ccc3nc(C)cn3c2)cc1OC. The van der Waals surface area contributed by atoms with Crippen molar-refractivity contribution in [3.63, 3.8) is 0 Å². The first-order chi connectivity index (χ1) is 11.6. The second-order valence-electron chi connectivity index (χ2n) is 5.48. The summed E-state index contributed by atoms with van der Waals surface area (Å²) in [5, 5.41) is 2.90. The van der Waals surface area contributed by atoms with Crippen LogP contribution in [0.4, 0.5) is 5.69 Å². The highest BCUT2D eigenvalue weighted by Gasteiger charge is 2.09. The van der Waals surface area contributed by atoms with Gasteiger partial charge in [-0.3, -0.25) is 4.79 Å². The summed E-state index contributed by atoms with van der Waals surface area (Å²) >= 11 is 0. The van der Waals surface area contributed by atoms with E-state index in [9.17, 15) is 4.79 Å². The van der Waals surface area contributed by atoms with E-state index in [2.05, 4.69) is 10.3 Å². The van der Waals surface area contributed by atoms with Crippen LogP contribution in [0.2, 0.25) is 0 Å². The molecule has 0 saturated heterocycles. The van der Waals surface area contributed by atoms with E-state index in [1.54, 1.807) is 26.4 Å². The summed E-state index contributed by atoms with van der Waals surface area (Å²) in [6, 6.07) is 9.17. The zero-order chi connectivity index (χ0) is 17.1. The fourth-order valence-corrected chi connectivity index (χ4v) is 2.57. The highest BCUT2D eigenvalue weighted by Crippen LogP contribution is 2.27. The van der Waals surface area contributed by atoms with Crippen molar-refractivity contribution in [2.24, 2.45) is 0 Å². The lowest BCUT2D eigenvalue weighted by Crippen LogP contribution is -2.14. The molecule has 2 aromatic heterocycles. The number of aromatic nitrogens is 2. The van der Waals surface area contributed by atoms with Crippen LogP contribution in [0.1, 0.15) is 11.3 Å². The number of anilines is 1. The smallest absolute Gasteiger partial charge is 0.228 e. The van der Waals surface area contributed by atoms with Crippen molar-refractivity contribution in [2.75, 3.05) is 19.5 Å². The molecular weight excluding hydrogens is 306 g/mol. The van der Waals surface area contributed by atoms with Gasteiger partial charge in [0.2, 0.25) is 5.91 Å². The van der Waals surface area contributed by atoms with Crippen molar-refractivity contribution >= 4 is 17.2 Å². The van der Waals surface area contributed by atoms with Crippen LogP contribution in [0.15, 0.2) is 42.7 Å². The molecule has 6 nitrogen and oxygen atoms in total. The Labute approximate surface area is 140 Å². The number of fused-ring (bicyclic) bond motifs is 1. The number of carbonyl (C=O) groups excluding carboxylic acids is 1. The third-order valence-corrected chi connectivity index (χ3v) is 3.67. The topological polar surface area (TPSA) is 64.9 Å². The molecule has 2 heterocycles. The standard InChI is InChI=1S/C18H19N3O3/c1-12-10-21-11-14(5-7-17(21)19-12)20-18(22)9-13-4-6-15(23-2)16(8-13)24-3/h4-8,10-11H,9H2,1-3H3,(H,20,22). The number of pyridine rings is 1. The van der Waals surface area contributed by atoms with Gasteiger partial charge in [-0.05, 0) is 36.8 Å². The van der Waals surface area contributed by atoms with Gasteiger partial charge in [-0.1, -0.05) is 6.07 Å². The van der Waals surface area contributed by atoms with Crippen LogP contribution in [0.3, 0.4) is 0 Å². The van der Waals surface area contributed by atoms with Crippen molar-refractivity contribution in [1.82, 2.24) is 9.38 Å². The minimum absolute atomic E-state index is 0.0987. The lowest BCUT2D eigenvalue weighted by Gasteiger charge is -2.10. The molecule has 0 radical (unpaired) electrons. The maximum Gasteiger partial charge on any atom is 0.228 e. The molecule has 1 N–H and O–H groups in total. The highest BCUT2D eigenvalue weighted by molar-refractivity contribution is 5.92. The fourth-order valence-electron chi connectivity index (χ4n) is 2.57. The lowest BCUT2D eigenvalue weighted by molar-refractivity contribution is -0.115. The first kappa shape index (κ1) is 15.9. The summed E-state index contributed by atoms with van der Waals surface area (Å²) < 4.78 is 12.4. The van der Waals surface area contributed by atoms with Crippen LogP contribution in [-0.4, -0.2) is 29.5 Å². The number of rotatable bonds is 5. The van der Waals surface area contributed by atoms with Crippen LogP contribution in [-0.2, 0) is 11.2 Å². The number of benzene rings is 1. The van der Waals surface area contributed by atoms with E-state index in [-0.39, 0.29) is 12.3 Å². The average molecular weight is 325 g/mol. The molecule has 24 heavy (non-hydrogen) atoms. The van der Waals surface area contributed by atoms with Crippen LogP contribution < -0.4 is 14.8 Å². The molecule has 0 saturated carbocycles. The van der Waals surface area contributed by atoms with Gasteiger partial charge in [-0.15, -0.1) is 0 Å². The summed E-state index contributed by atoms with van der Waals surface area (Å²) in [5.74, 6) is 1.15. The number of methoxy groups -OCH3 is 2. The number of nitrogens with one attached hydrogen (secondary N) is 1. The molecule has 0 bridgehead atoms. The summed E-state index contributed by atoms with van der Waals surface area (Å²) in [7, 11) is 3.15. The van der Waals surface area contributed by atoms with E-state index in [0.717, 1.165) is 22.6 Å². The van der Waals surface area contributed by atoms with Crippen molar-refractivity contribution in [3.8, 4) is 11.5 Å². The summed E-state index contributed by atoms with van der Waals surface area (Å²) in [4.78, 5) is 16.6. The molecule has 3 aromatic rings. The number of carbonyl (C=O) groups is 1. The second-order valence-corrected chi connectivity index (χ2v) is 5.48. The first-order valence-electron chi connectivity index (χ1n) is 7.55. The van der Waals surface area contributed by atoms with Gasteiger partial charge in [0.25, 0.3) is 0 Å². The van der Waals surface area contributed by atoms with E-state index in [0.29, 0.717) is 11.5 Å².